The van der Waals surface area contributed by atoms with Gasteiger partial charge in [0.15, 0.2) is 0 Å². The van der Waals surface area contributed by atoms with Gasteiger partial charge in [-0.25, -0.2) is 9.59 Å². The summed E-state index contributed by atoms with van der Waals surface area (Å²) >= 11 is 0. The maximum absolute atomic E-state index is 12.3. The van der Waals surface area contributed by atoms with Crippen molar-refractivity contribution in [3.8, 4) is 0 Å². The summed E-state index contributed by atoms with van der Waals surface area (Å²) in [7, 11) is 0. The Morgan fingerprint density at radius 3 is 2.90 bits per heavy atom. The van der Waals surface area contributed by atoms with Crippen molar-refractivity contribution < 1.29 is 24.5 Å². The summed E-state index contributed by atoms with van der Waals surface area (Å²) in [4.78, 5) is 25.0. The number of aliphatic hydroxyl groups is 1. The van der Waals surface area contributed by atoms with Gasteiger partial charge in [-0.15, -0.1) is 0 Å². The topological polar surface area (TPSA) is 99.1 Å². The molecule has 1 aromatic carbocycles. The Morgan fingerprint density at radius 1 is 1.48 bits per heavy atom. The van der Waals surface area contributed by atoms with Gasteiger partial charge in [0.25, 0.3) is 0 Å². The molecule has 21 heavy (non-hydrogen) atoms. The van der Waals surface area contributed by atoms with Gasteiger partial charge in [-0.2, -0.15) is 0 Å². The van der Waals surface area contributed by atoms with E-state index in [1.165, 1.54) is 11.0 Å². The van der Waals surface area contributed by atoms with E-state index in [4.69, 9.17) is 4.74 Å². The number of urea groups is 1. The van der Waals surface area contributed by atoms with Gasteiger partial charge in [0, 0.05) is 6.54 Å². The molecule has 1 aliphatic rings. The van der Waals surface area contributed by atoms with Gasteiger partial charge < -0.3 is 25.2 Å². The van der Waals surface area contributed by atoms with E-state index in [0.29, 0.717) is 18.7 Å². The van der Waals surface area contributed by atoms with E-state index in [1.807, 2.05) is 0 Å². The van der Waals surface area contributed by atoms with Gasteiger partial charge in [-0.1, -0.05) is 12.1 Å². The minimum absolute atomic E-state index is 0.0390. The summed E-state index contributed by atoms with van der Waals surface area (Å²) in [6.07, 6.45) is 0. The van der Waals surface area contributed by atoms with Crippen LogP contribution in [-0.4, -0.2) is 59.5 Å². The number of hydrogen-bond acceptors (Lipinski definition) is 4. The number of anilines is 1. The van der Waals surface area contributed by atoms with Gasteiger partial charge >= 0.3 is 12.0 Å². The van der Waals surface area contributed by atoms with Crippen LogP contribution in [0.2, 0.25) is 0 Å². The van der Waals surface area contributed by atoms with Crippen LogP contribution in [-0.2, 0) is 4.74 Å². The summed E-state index contributed by atoms with van der Waals surface area (Å²) < 4.78 is 5.21. The standard InChI is InChI=1S/C14H18N2O5/c1-9-3-2-4-11(13(18)19)12(9)15-14(20)16-5-6-21-8-10(16)7-17/h2-4,10,17H,5-8H2,1H3,(H,15,20)(H,18,19). The number of carboxylic acid groups (broad SMARTS) is 1. The fourth-order valence-electron chi connectivity index (χ4n) is 2.26. The first-order valence-electron chi connectivity index (χ1n) is 6.63. The van der Waals surface area contributed by atoms with Crippen LogP contribution < -0.4 is 5.32 Å². The number of rotatable bonds is 3. The zero-order valence-electron chi connectivity index (χ0n) is 11.7. The van der Waals surface area contributed by atoms with E-state index in [0.717, 1.165) is 0 Å². The highest BCUT2D eigenvalue weighted by molar-refractivity contribution is 6.01. The largest absolute Gasteiger partial charge is 0.478 e. The van der Waals surface area contributed by atoms with Crippen LogP contribution in [0, 0.1) is 6.92 Å². The van der Waals surface area contributed by atoms with Crippen molar-refractivity contribution in [3.63, 3.8) is 0 Å². The van der Waals surface area contributed by atoms with Crippen LogP contribution in [0.3, 0.4) is 0 Å². The molecule has 1 saturated heterocycles. The fraction of sp³-hybridized carbons (Fsp3) is 0.429. The van der Waals surface area contributed by atoms with E-state index >= 15 is 0 Å². The molecule has 1 fully saturated rings. The SMILES string of the molecule is Cc1cccc(C(=O)O)c1NC(=O)N1CCOCC1CO. The number of carbonyl (C=O) groups excluding carboxylic acids is 1. The molecule has 7 nitrogen and oxygen atoms in total. The molecule has 0 spiro atoms. The average molecular weight is 294 g/mol. The van der Waals surface area contributed by atoms with Crippen molar-refractivity contribution in [3.05, 3.63) is 29.3 Å². The van der Waals surface area contributed by atoms with Gasteiger partial charge in [0.2, 0.25) is 0 Å². The second kappa shape index (κ2) is 6.55. The number of para-hydroxylation sites is 1. The number of carbonyl (C=O) groups is 2. The number of aromatic carboxylic acids is 1. The number of carboxylic acids is 1. The Bertz CT molecular complexity index is 546. The first-order chi connectivity index (χ1) is 10.0. The third-order valence-corrected chi connectivity index (χ3v) is 3.43. The number of morpholine rings is 1. The first-order valence-corrected chi connectivity index (χ1v) is 6.63. The van der Waals surface area contributed by atoms with Crippen molar-refractivity contribution in [1.82, 2.24) is 4.90 Å². The zero-order valence-corrected chi connectivity index (χ0v) is 11.7. The van der Waals surface area contributed by atoms with Crippen LogP contribution in [0.15, 0.2) is 18.2 Å². The lowest BCUT2D eigenvalue weighted by Crippen LogP contribution is -2.52. The molecule has 1 atom stereocenters. The molecule has 0 saturated carbocycles. The molecule has 0 aliphatic carbocycles. The fourth-order valence-corrected chi connectivity index (χ4v) is 2.26. The Morgan fingerprint density at radius 2 is 2.24 bits per heavy atom. The summed E-state index contributed by atoms with van der Waals surface area (Å²) in [5.41, 5.74) is 0.979. The smallest absolute Gasteiger partial charge is 0.337 e. The highest BCUT2D eigenvalue weighted by atomic mass is 16.5. The van der Waals surface area contributed by atoms with Crippen LogP contribution in [0.4, 0.5) is 10.5 Å². The monoisotopic (exact) mass is 294 g/mol. The number of benzene rings is 1. The zero-order chi connectivity index (χ0) is 15.4. The van der Waals surface area contributed by atoms with E-state index in [1.54, 1.807) is 19.1 Å². The van der Waals surface area contributed by atoms with E-state index in [9.17, 15) is 19.8 Å². The van der Waals surface area contributed by atoms with Gasteiger partial charge in [0.1, 0.15) is 0 Å². The molecule has 7 heteroatoms. The Hall–Kier alpha value is -2.12. The molecule has 1 unspecified atom stereocenters. The average Bonchev–Trinajstić information content (AvgIpc) is 2.48. The molecule has 1 heterocycles. The van der Waals surface area contributed by atoms with Gasteiger partial charge in [-0.3, -0.25) is 0 Å². The van der Waals surface area contributed by atoms with Crippen molar-refractivity contribution in [2.45, 2.75) is 13.0 Å². The third kappa shape index (κ3) is 3.32. The predicted molar refractivity (Wildman–Crippen MR) is 75.6 cm³/mol. The summed E-state index contributed by atoms with van der Waals surface area (Å²) in [5.74, 6) is -1.10. The number of nitrogens with zero attached hydrogens (tertiary/aromatic N) is 1. The van der Waals surface area contributed by atoms with E-state index < -0.39 is 18.0 Å². The van der Waals surface area contributed by atoms with Gasteiger partial charge in [0.05, 0.1) is 37.1 Å². The highest BCUT2D eigenvalue weighted by Crippen LogP contribution is 2.21. The minimum atomic E-state index is -1.10. The predicted octanol–water partition coefficient (Wildman–Crippen LogP) is 0.918. The van der Waals surface area contributed by atoms with Crippen molar-refractivity contribution in [1.29, 1.82) is 0 Å². The highest BCUT2D eigenvalue weighted by Gasteiger charge is 2.27. The molecule has 3 N–H and O–H groups in total. The maximum Gasteiger partial charge on any atom is 0.337 e. The molecule has 1 aliphatic heterocycles. The maximum atomic E-state index is 12.3. The summed E-state index contributed by atoms with van der Waals surface area (Å²) in [6.45, 7) is 2.54. The second-order valence-electron chi connectivity index (χ2n) is 4.84. The summed E-state index contributed by atoms with van der Waals surface area (Å²) in [6, 6.07) is 3.93. The van der Waals surface area contributed by atoms with Crippen molar-refractivity contribution in [2.24, 2.45) is 0 Å². The third-order valence-electron chi connectivity index (χ3n) is 3.43. The summed E-state index contributed by atoms with van der Waals surface area (Å²) in [5, 5.41) is 21.1. The van der Waals surface area contributed by atoms with Gasteiger partial charge in [-0.05, 0) is 18.6 Å². The quantitative estimate of drug-likeness (QED) is 0.770. The number of aryl methyl sites for hydroxylation is 1. The number of ether oxygens (including phenoxy) is 1. The molecular weight excluding hydrogens is 276 g/mol. The molecule has 0 radical (unpaired) electrons. The Labute approximate surface area is 122 Å². The number of hydrogen-bond donors (Lipinski definition) is 3. The lowest BCUT2D eigenvalue weighted by molar-refractivity contribution is -0.00485. The van der Waals surface area contributed by atoms with Crippen LogP contribution >= 0.6 is 0 Å². The van der Waals surface area contributed by atoms with E-state index in [-0.39, 0.29) is 24.5 Å². The number of amides is 2. The molecule has 2 rings (SSSR count). The lowest BCUT2D eigenvalue weighted by Gasteiger charge is -2.34. The van der Waals surface area contributed by atoms with Crippen LogP contribution in [0.1, 0.15) is 15.9 Å². The lowest BCUT2D eigenvalue weighted by atomic mass is 10.1. The molecular formula is C14H18N2O5. The number of aliphatic hydroxyl groups excluding tert-OH is 1. The molecule has 0 aromatic heterocycles. The van der Waals surface area contributed by atoms with Crippen molar-refractivity contribution >= 4 is 17.7 Å². The van der Waals surface area contributed by atoms with Crippen LogP contribution in [0.5, 0.6) is 0 Å². The molecule has 0 bridgehead atoms. The normalized spacial score (nSPS) is 18.4. The Balaban J connectivity index is 2.21. The first kappa shape index (κ1) is 15.3. The Kier molecular flexibility index (Phi) is 4.77. The molecule has 1 aromatic rings. The number of nitrogens with one attached hydrogen (secondary N) is 1. The minimum Gasteiger partial charge on any atom is -0.478 e. The van der Waals surface area contributed by atoms with E-state index in [2.05, 4.69) is 5.32 Å². The van der Waals surface area contributed by atoms with Crippen LogP contribution in [0.25, 0.3) is 0 Å². The molecule has 114 valence electrons. The molecule has 2 amide bonds. The van der Waals surface area contributed by atoms with Crippen molar-refractivity contribution in [2.75, 3.05) is 31.7 Å². The second-order valence-corrected chi connectivity index (χ2v) is 4.84.